The van der Waals surface area contributed by atoms with Gasteiger partial charge in [-0.2, -0.15) is 10.4 Å². The second-order valence-electron chi connectivity index (χ2n) is 4.34. The molecule has 0 radical (unpaired) electrons. The maximum Gasteiger partial charge on any atom is 0.342 e. The van der Waals surface area contributed by atoms with Crippen molar-refractivity contribution in [2.75, 3.05) is 0 Å². The summed E-state index contributed by atoms with van der Waals surface area (Å²) in [4.78, 5) is 18.5. The predicted octanol–water partition coefficient (Wildman–Crippen LogP) is 1.88. The molecule has 0 aromatic carbocycles. The van der Waals surface area contributed by atoms with Crippen molar-refractivity contribution < 1.29 is 4.92 Å². The highest BCUT2D eigenvalue weighted by molar-refractivity contribution is 5.77. The van der Waals surface area contributed by atoms with E-state index in [1.54, 1.807) is 25.4 Å². The van der Waals surface area contributed by atoms with Gasteiger partial charge in [-0.05, 0) is 17.9 Å². The van der Waals surface area contributed by atoms with Gasteiger partial charge in [-0.15, -0.1) is 0 Å². The molecular formula is C13H13N7O2. The number of allylic oxidation sites excluding steroid dienone is 2. The van der Waals surface area contributed by atoms with Crippen molar-refractivity contribution in [1.29, 1.82) is 5.26 Å². The van der Waals surface area contributed by atoms with E-state index in [1.807, 2.05) is 13.0 Å². The SMILES string of the molecule is CC=CC=Nc1c(C#N)c(-c2ncc([N+](=O)[O-])n2C)nn1C. The molecule has 0 aliphatic heterocycles. The molecule has 0 spiro atoms. The van der Waals surface area contributed by atoms with Crippen LogP contribution in [0.3, 0.4) is 0 Å². The van der Waals surface area contributed by atoms with Crippen molar-refractivity contribution in [2.24, 2.45) is 19.1 Å². The predicted molar refractivity (Wildman–Crippen MR) is 79.7 cm³/mol. The Bertz CT molecular complexity index is 820. The van der Waals surface area contributed by atoms with E-state index in [-0.39, 0.29) is 22.9 Å². The molecule has 0 bridgehead atoms. The molecule has 2 rings (SSSR count). The van der Waals surface area contributed by atoms with Crippen molar-refractivity contribution in [3.63, 3.8) is 0 Å². The lowest BCUT2D eigenvalue weighted by molar-refractivity contribution is -0.391. The topological polar surface area (TPSA) is 115 Å². The van der Waals surface area contributed by atoms with Crippen LogP contribution in [-0.4, -0.2) is 30.5 Å². The van der Waals surface area contributed by atoms with Gasteiger partial charge in [0.05, 0.1) is 7.05 Å². The second kappa shape index (κ2) is 6.01. The molecule has 9 heteroatoms. The summed E-state index contributed by atoms with van der Waals surface area (Å²) in [7, 11) is 3.14. The van der Waals surface area contributed by atoms with Crippen LogP contribution in [0.25, 0.3) is 11.5 Å². The maximum absolute atomic E-state index is 10.9. The molecule has 0 saturated heterocycles. The highest BCUT2D eigenvalue weighted by Crippen LogP contribution is 2.30. The van der Waals surface area contributed by atoms with E-state index in [1.165, 1.54) is 16.3 Å². The number of rotatable bonds is 4. The van der Waals surface area contributed by atoms with E-state index in [9.17, 15) is 15.4 Å². The Hall–Kier alpha value is -3.28. The van der Waals surface area contributed by atoms with Crippen molar-refractivity contribution in [3.8, 4) is 17.6 Å². The highest BCUT2D eigenvalue weighted by atomic mass is 16.6. The number of hydrogen-bond donors (Lipinski definition) is 0. The molecule has 0 unspecified atom stereocenters. The molecule has 0 aliphatic rings. The average molecular weight is 299 g/mol. The van der Waals surface area contributed by atoms with Gasteiger partial charge in [0.2, 0.25) is 0 Å². The lowest BCUT2D eigenvalue weighted by atomic mass is 10.2. The van der Waals surface area contributed by atoms with E-state index < -0.39 is 4.92 Å². The van der Waals surface area contributed by atoms with Crippen molar-refractivity contribution in [1.82, 2.24) is 19.3 Å². The van der Waals surface area contributed by atoms with E-state index in [0.29, 0.717) is 5.82 Å². The Morgan fingerprint density at radius 2 is 2.23 bits per heavy atom. The van der Waals surface area contributed by atoms with E-state index in [2.05, 4.69) is 15.1 Å². The minimum Gasteiger partial charge on any atom is -0.358 e. The Morgan fingerprint density at radius 3 is 2.77 bits per heavy atom. The fraction of sp³-hybridized carbons (Fsp3) is 0.231. The smallest absolute Gasteiger partial charge is 0.342 e. The summed E-state index contributed by atoms with van der Waals surface area (Å²) in [5, 5.41) is 24.5. The van der Waals surface area contributed by atoms with Crippen LogP contribution < -0.4 is 0 Å². The van der Waals surface area contributed by atoms with Gasteiger partial charge in [0.15, 0.2) is 11.5 Å². The number of aliphatic imine (C=N–C) groups is 1. The first-order valence-electron chi connectivity index (χ1n) is 6.30. The first-order chi connectivity index (χ1) is 10.5. The van der Waals surface area contributed by atoms with Crippen LogP contribution >= 0.6 is 0 Å². The van der Waals surface area contributed by atoms with Crippen LogP contribution in [0.1, 0.15) is 12.5 Å². The zero-order valence-corrected chi connectivity index (χ0v) is 12.3. The van der Waals surface area contributed by atoms with Crippen LogP contribution in [0.15, 0.2) is 23.3 Å². The fourth-order valence-corrected chi connectivity index (χ4v) is 1.91. The minimum absolute atomic E-state index is 0.177. The van der Waals surface area contributed by atoms with E-state index in [0.717, 1.165) is 6.20 Å². The molecular weight excluding hydrogens is 286 g/mol. The molecule has 2 heterocycles. The molecule has 0 atom stereocenters. The monoisotopic (exact) mass is 299 g/mol. The molecule has 2 aromatic rings. The summed E-state index contributed by atoms with van der Waals surface area (Å²) in [5.74, 6) is 0.427. The van der Waals surface area contributed by atoms with Gasteiger partial charge in [0.25, 0.3) is 5.82 Å². The van der Waals surface area contributed by atoms with Crippen molar-refractivity contribution in [2.45, 2.75) is 6.92 Å². The molecule has 0 amide bonds. The van der Waals surface area contributed by atoms with Gasteiger partial charge in [0.1, 0.15) is 17.8 Å². The number of nitro groups is 1. The average Bonchev–Trinajstić information content (AvgIpc) is 3.00. The van der Waals surface area contributed by atoms with Gasteiger partial charge < -0.3 is 10.1 Å². The first kappa shape index (κ1) is 15.1. The Morgan fingerprint density at radius 1 is 1.50 bits per heavy atom. The third kappa shape index (κ3) is 2.49. The summed E-state index contributed by atoms with van der Waals surface area (Å²) in [6, 6.07) is 2.03. The number of hydrogen-bond acceptors (Lipinski definition) is 6. The second-order valence-corrected chi connectivity index (χ2v) is 4.34. The largest absolute Gasteiger partial charge is 0.358 e. The molecule has 0 N–H and O–H groups in total. The van der Waals surface area contributed by atoms with Gasteiger partial charge in [-0.3, -0.25) is 0 Å². The summed E-state index contributed by atoms with van der Waals surface area (Å²) in [6.07, 6.45) is 6.20. The molecule has 112 valence electrons. The van der Waals surface area contributed by atoms with Crippen LogP contribution in [-0.2, 0) is 14.1 Å². The molecule has 0 fully saturated rings. The summed E-state index contributed by atoms with van der Waals surface area (Å²) >= 11 is 0. The summed E-state index contributed by atoms with van der Waals surface area (Å²) in [5.41, 5.74) is 0.472. The lowest BCUT2D eigenvalue weighted by Gasteiger charge is -1.95. The quantitative estimate of drug-likeness (QED) is 0.485. The maximum atomic E-state index is 10.9. The third-order valence-corrected chi connectivity index (χ3v) is 2.97. The lowest BCUT2D eigenvalue weighted by Crippen LogP contribution is -2.00. The Labute approximate surface area is 126 Å². The van der Waals surface area contributed by atoms with E-state index >= 15 is 0 Å². The Kier molecular flexibility index (Phi) is 4.13. The number of nitriles is 1. The minimum atomic E-state index is -0.545. The molecule has 22 heavy (non-hydrogen) atoms. The van der Waals surface area contributed by atoms with Crippen molar-refractivity contribution in [3.05, 3.63) is 34.0 Å². The van der Waals surface area contributed by atoms with Crippen LogP contribution in [0.5, 0.6) is 0 Å². The summed E-state index contributed by atoms with van der Waals surface area (Å²) < 4.78 is 2.72. The highest BCUT2D eigenvalue weighted by Gasteiger charge is 2.26. The van der Waals surface area contributed by atoms with Crippen LogP contribution in [0.2, 0.25) is 0 Å². The number of imidazole rings is 1. The third-order valence-electron chi connectivity index (χ3n) is 2.97. The molecule has 2 aromatic heterocycles. The van der Waals surface area contributed by atoms with Gasteiger partial charge in [0, 0.05) is 13.3 Å². The zero-order chi connectivity index (χ0) is 16.3. The molecule has 0 saturated carbocycles. The van der Waals surface area contributed by atoms with Crippen molar-refractivity contribution >= 4 is 17.9 Å². The van der Waals surface area contributed by atoms with Crippen LogP contribution in [0, 0.1) is 21.4 Å². The van der Waals surface area contributed by atoms with Gasteiger partial charge in [-0.25, -0.2) is 19.2 Å². The zero-order valence-electron chi connectivity index (χ0n) is 12.3. The fourth-order valence-electron chi connectivity index (χ4n) is 1.91. The van der Waals surface area contributed by atoms with E-state index in [4.69, 9.17) is 0 Å². The van der Waals surface area contributed by atoms with Gasteiger partial charge in [-0.1, -0.05) is 6.08 Å². The van der Waals surface area contributed by atoms with Crippen LogP contribution in [0.4, 0.5) is 11.6 Å². The number of aromatic nitrogens is 4. The summed E-state index contributed by atoms with van der Waals surface area (Å²) in [6.45, 7) is 1.85. The number of aryl methyl sites for hydroxylation is 1. The Balaban J connectivity index is 2.61. The van der Waals surface area contributed by atoms with Gasteiger partial charge >= 0.3 is 5.82 Å². The molecule has 0 aliphatic carbocycles. The number of nitrogens with zero attached hydrogens (tertiary/aromatic N) is 7. The standard InChI is InChI=1S/C13H13N7O2/c1-4-5-6-15-12-9(7-14)11(17-19(12)3)13-16-8-10(18(13)2)20(21)22/h4-6,8H,1-3H3. The molecule has 9 nitrogen and oxygen atoms in total. The normalized spacial score (nSPS) is 11.4. The first-order valence-corrected chi connectivity index (χ1v) is 6.30.